The van der Waals surface area contributed by atoms with Crippen LogP contribution < -0.4 is 0 Å². The minimum Gasteiger partial charge on any atom is -0.410 e. The van der Waals surface area contributed by atoms with Crippen LogP contribution in [-0.4, -0.2) is 79.5 Å². The van der Waals surface area contributed by atoms with Gasteiger partial charge in [-0.05, 0) is 64.9 Å². The molecule has 0 unspecified atom stereocenters. The Morgan fingerprint density at radius 2 is 1.33 bits per heavy atom. The molecule has 0 aromatic rings. The lowest BCUT2D eigenvalue weighted by molar-refractivity contribution is -0.131. The molecule has 0 radical (unpaired) electrons. The van der Waals surface area contributed by atoms with Gasteiger partial charge in [0.25, 0.3) is 0 Å². The third kappa shape index (κ3) is 13.2. The highest BCUT2D eigenvalue weighted by molar-refractivity contribution is 9.12. The minimum atomic E-state index is -1.97. The van der Waals surface area contributed by atoms with Crippen molar-refractivity contribution in [2.75, 3.05) is 11.5 Å². The predicted molar refractivity (Wildman–Crippen MR) is 204 cm³/mol. The van der Waals surface area contributed by atoms with Gasteiger partial charge in [-0.25, -0.2) is 0 Å². The summed E-state index contributed by atoms with van der Waals surface area (Å²) in [7, 11) is -1.97. The van der Waals surface area contributed by atoms with Crippen LogP contribution in [0.2, 0.25) is 18.1 Å². The number of carbonyl (C=O) groups excluding carboxylic acids is 2. The molecule has 4 atom stereocenters. The first-order valence-corrected chi connectivity index (χ1v) is 21.9. The SMILES string of the molecule is C/C(Br)=C\[C@@H](O)CC(=O)N1C(=S)SC[C@H]1C(C)C.C/C(Br)=C\[C@H](CC(=O)N1C(=S)SC[C@H]1C(C)C)O[Si](C)(C)C(C)(C)C. The molecule has 2 aliphatic heterocycles. The topological polar surface area (TPSA) is 70.1 Å². The maximum absolute atomic E-state index is 13.0. The van der Waals surface area contributed by atoms with Crippen molar-refractivity contribution in [3.8, 4) is 0 Å². The van der Waals surface area contributed by atoms with Crippen molar-refractivity contribution in [2.24, 2.45) is 11.8 Å². The van der Waals surface area contributed by atoms with Crippen LogP contribution >= 0.6 is 79.8 Å². The van der Waals surface area contributed by atoms with Gasteiger partial charge in [-0.2, -0.15) is 0 Å². The van der Waals surface area contributed by atoms with Gasteiger partial charge in [0.15, 0.2) is 8.32 Å². The van der Waals surface area contributed by atoms with E-state index in [1.54, 1.807) is 34.5 Å². The van der Waals surface area contributed by atoms with Crippen molar-refractivity contribution in [3.63, 3.8) is 0 Å². The summed E-state index contributed by atoms with van der Waals surface area (Å²) in [6.07, 6.45) is 3.04. The first-order chi connectivity index (χ1) is 19.6. The molecule has 2 saturated heterocycles. The Labute approximate surface area is 297 Å². The van der Waals surface area contributed by atoms with E-state index in [2.05, 4.69) is 93.4 Å². The lowest BCUT2D eigenvalue weighted by Crippen LogP contribution is -2.46. The van der Waals surface area contributed by atoms with Crippen molar-refractivity contribution >= 4 is 109 Å². The van der Waals surface area contributed by atoms with Crippen LogP contribution in [0.25, 0.3) is 0 Å². The van der Waals surface area contributed by atoms with E-state index in [9.17, 15) is 14.7 Å². The smallest absolute Gasteiger partial charge is 0.231 e. The number of rotatable bonds is 10. The van der Waals surface area contributed by atoms with Gasteiger partial charge in [0.1, 0.15) is 8.64 Å². The zero-order chi connectivity index (χ0) is 33.4. The monoisotopic (exact) mass is 816 g/mol. The molecule has 1 N–H and O–H groups in total. The molecule has 246 valence electrons. The molecule has 2 fully saturated rings. The predicted octanol–water partition coefficient (Wildman–Crippen LogP) is 8.87. The van der Waals surface area contributed by atoms with Crippen LogP contribution in [0.15, 0.2) is 21.1 Å². The highest BCUT2D eigenvalue weighted by atomic mass is 79.9. The lowest BCUT2D eigenvalue weighted by atomic mass is 10.0. The molecule has 2 amide bonds. The van der Waals surface area contributed by atoms with Crippen molar-refractivity contribution in [1.29, 1.82) is 0 Å². The van der Waals surface area contributed by atoms with Gasteiger partial charge in [0, 0.05) is 23.6 Å². The van der Waals surface area contributed by atoms with Gasteiger partial charge in [-0.3, -0.25) is 19.4 Å². The van der Waals surface area contributed by atoms with E-state index >= 15 is 0 Å². The summed E-state index contributed by atoms with van der Waals surface area (Å²) in [5.74, 6) is 2.48. The number of thioether (sulfide) groups is 2. The van der Waals surface area contributed by atoms with E-state index in [1.165, 1.54) is 0 Å². The number of halogens is 2. The number of hydrogen-bond acceptors (Lipinski definition) is 8. The van der Waals surface area contributed by atoms with Crippen LogP contribution in [0, 0.1) is 11.8 Å². The first kappa shape index (κ1) is 41.4. The summed E-state index contributed by atoms with van der Waals surface area (Å²) in [6.45, 7) is 23.3. The molecule has 2 rings (SSSR count). The van der Waals surface area contributed by atoms with Crippen molar-refractivity contribution in [2.45, 2.75) is 118 Å². The van der Waals surface area contributed by atoms with Crippen LogP contribution in [-0.2, 0) is 14.0 Å². The highest BCUT2D eigenvalue weighted by Gasteiger charge is 2.41. The number of carbonyl (C=O) groups is 2. The fraction of sp³-hybridized carbons (Fsp3) is 0.733. The van der Waals surface area contributed by atoms with Gasteiger partial charge < -0.3 is 9.53 Å². The van der Waals surface area contributed by atoms with Crippen LogP contribution in [0.1, 0.15) is 75.2 Å². The average Bonchev–Trinajstić information content (AvgIpc) is 3.40. The molecule has 0 bridgehead atoms. The Morgan fingerprint density at radius 3 is 1.67 bits per heavy atom. The van der Waals surface area contributed by atoms with E-state index < -0.39 is 14.4 Å². The minimum absolute atomic E-state index is 0.0717. The maximum atomic E-state index is 13.0. The van der Waals surface area contributed by atoms with Gasteiger partial charge in [0.05, 0.1) is 25.0 Å². The molecular weight excluding hydrogens is 769 g/mol. The number of amides is 2. The Morgan fingerprint density at radius 1 is 0.930 bits per heavy atom. The highest BCUT2D eigenvalue weighted by Crippen LogP contribution is 2.38. The lowest BCUT2D eigenvalue weighted by Gasteiger charge is -2.39. The molecule has 6 nitrogen and oxygen atoms in total. The van der Waals surface area contributed by atoms with E-state index in [0.29, 0.717) is 26.9 Å². The quantitative estimate of drug-likeness (QED) is 0.173. The van der Waals surface area contributed by atoms with Gasteiger partial charge in [-0.1, -0.05) is 128 Å². The van der Waals surface area contributed by atoms with E-state index in [0.717, 1.165) is 20.5 Å². The molecule has 0 aliphatic carbocycles. The van der Waals surface area contributed by atoms with E-state index in [4.69, 9.17) is 28.9 Å². The normalized spacial score (nSPS) is 21.9. The van der Waals surface area contributed by atoms with Crippen molar-refractivity contribution in [3.05, 3.63) is 21.1 Å². The van der Waals surface area contributed by atoms with Gasteiger partial charge in [0.2, 0.25) is 11.8 Å². The van der Waals surface area contributed by atoms with Gasteiger partial charge in [-0.15, -0.1) is 0 Å². The molecule has 0 aromatic heterocycles. The second-order valence-corrected chi connectivity index (χ2v) is 23.8. The van der Waals surface area contributed by atoms with Gasteiger partial charge >= 0.3 is 0 Å². The van der Waals surface area contributed by atoms with E-state index in [-0.39, 0.29) is 41.5 Å². The Hall–Kier alpha value is 0.397. The summed E-state index contributed by atoms with van der Waals surface area (Å²) >= 11 is 20.5. The third-order valence-electron chi connectivity index (χ3n) is 7.74. The van der Waals surface area contributed by atoms with Crippen molar-refractivity contribution in [1.82, 2.24) is 9.80 Å². The summed E-state index contributed by atoms with van der Waals surface area (Å²) < 4.78 is 9.65. The molecule has 43 heavy (non-hydrogen) atoms. The standard InChI is InChI=1S/C18H32BrNO2S2Si.C12H18BrNO2S2/c1-12(2)15-11-24-17(23)20(15)16(21)10-14(9-13(3)19)22-25(7,8)18(4,5)6;1-7(2)10-6-18-12(17)14(10)11(16)5-9(15)4-8(3)13/h9,12,14-15H,10-11H2,1-8H3;4,7,9-10,15H,5-6H2,1-3H3/b13-9+;8-4+/t14-,15+;9-,10+/m11/s1. The van der Waals surface area contributed by atoms with Crippen LogP contribution in [0.3, 0.4) is 0 Å². The zero-order valence-corrected chi connectivity index (χ0v) is 34.8. The second-order valence-electron chi connectivity index (χ2n) is 13.2. The Bertz CT molecular complexity index is 1070. The Kier molecular flexibility index (Phi) is 17.4. The fourth-order valence-corrected chi connectivity index (χ4v) is 9.44. The number of nitrogens with zero attached hydrogens (tertiary/aromatic N) is 2. The number of thiocarbonyl (C=S) groups is 2. The largest absolute Gasteiger partial charge is 0.410 e. The molecule has 0 spiro atoms. The summed E-state index contributed by atoms with van der Waals surface area (Å²) in [6, 6.07) is 0.337. The summed E-state index contributed by atoms with van der Waals surface area (Å²) in [4.78, 5) is 28.7. The molecule has 2 heterocycles. The number of allylic oxidation sites excluding steroid dienone is 2. The zero-order valence-electron chi connectivity index (χ0n) is 27.4. The van der Waals surface area contributed by atoms with Crippen LogP contribution in [0.5, 0.6) is 0 Å². The molecule has 0 aromatic carbocycles. The molecule has 0 saturated carbocycles. The van der Waals surface area contributed by atoms with E-state index in [1.807, 2.05) is 24.8 Å². The average molecular weight is 819 g/mol. The first-order valence-electron chi connectivity index (χ1n) is 14.6. The number of hydrogen-bond donors (Lipinski definition) is 1. The maximum Gasteiger partial charge on any atom is 0.231 e. The van der Waals surface area contributed by atoms with Crippen molar-refractivity contribution < 1.29 is 19.1 Å². The second kappa shape index (κ2) is 18.1. The Balaban J connectivity index is 0.000000453. The fourth-order valence-electron chi connectivity index (χ4n) is 4.24. The number of aliphatic hydroxyl groups is 1. The molecule has 2 aliphatic rings. The molecule has 13 heteroatoms. The number of aliphatic hydroxyl groups excluding tert-OH is 1. The molecular formula is C30H50Br2N2O4S4Si. The van der Waals surface area contributed by atoms with Crippen LogP contribution in [0.4, 0.5) is 0 Å². The summed E-state index contributed by atoms with van der Waals surface area (Å²) in [5.41, 5.74) is 0. The third-order valence-corrected chi connectivity index (χ3v) is 15.8. The summed E-state index contributed by atoms with van der Waals surface area (Å²) in [5, 5.41) is 9.86.